The highest BCUT2D eigenvalue weighted by Gasteiger charge is 2.62. The topological polar surface area (TPSA) is 99.4 Å². The van der Waals surface area contributed by atoms with Crippen molar-refractivity contribution in [2.75, 3.05) is 6.61 Å². The lowest BCUT2D eigenvalue weighted by Crippen LogP contribution is -2.61. The second-order valence-corrected chi connectivity index (χ2v) is 12.0. The number of rotatable bonds is 3. The third-order valence-electron chi connectivity index (χ3n) is 10.8. The van der Waals surface area contributed by atoms with Gasteiger partial charge in [0.1, 0.15) is 18.3 Å². The minimum atomic E-state index is -1.32. The van der Waals surface area contributed by atoms with E-state index >= 15 is 0 Å². The van der Waals surface area contributed by atoms with E-state index in [4.69, 9.17) is 9.47 Å². The Morgan fingerprint density at radius 2 is 1.50 bits per heavy atom. The summed E-state index contributed by atoms with van der Waals surface area (Å²) < 4.78 is 11.8. The van der Waals surface area contributed by atoms with Crippen LogP contribution in [0.25, 0.3) is 0 Å². The maximum absolute atomic E-state index is 10.9. The molecule has 0 bridgehead atoms. The summed E-state index contributed by atoms with van der Waals surface area (Å²) in [5.74, 6) is 2.95. The zero-order chi connectivity index (χ0) is 22.8. The minimum absolute atomic E-state index is 0.0803. The zero-order valence-electron chi connectivity index (χ0n) is 19.6. The fourth-order valence-corrected chi connectivity index (χ4v) is 8.95. The van der Waals surface area contributed by atoms with Crippen molar-refractivity contribution in [1.82, 2.24) is 0 Å². The molecule has 6 nitrogen and oxygen atoms in total. The highest BCUT2D eigenvalue weighted by Crippen LogP contribution is 2.67. The van der Waals surface area contributed by atoms with Gasteiger partial charge in [-0.3, -0.25) is 0 Å². The molecule has 6 heteroatoms. The molecule has 4 aliphatic carbocycles. The van der Waals surface area contributed by atoms with Gasteiger partial charge in [0.05, 0.1) is 18.8 Å². The molecule has 32 heavy (non-hydrogen) atoms. The van der Waals surface area contributed by atoms with Crippen molar-refractivity contribution in [2.24, 2.45) is 40.4 Å². The molecule has 0 aromatic rings. The van der Waals surface area contributed by atoms with Crippen molar-refractivity contribution in [3.63, 3.8) is 0 Å². The molecule has 0 aromatic carbocycles. The molecule has 13 atom stereocenters. The zero-order valence-corrected chi connectivity index (χ0v) is 19.6. The van der Waals surface area contributed by atoms with Gasteiger partial charge in [-0.1, -0.05) is 19.9 Å². The third kappa shape index (κ3) is 3.36. The lowest BCUT2D eigenvalue weighted by Gasteiger charge is -2.62. The number of ether oxygens (including phenoxy) is 2. The van der Waals surface area contributed by atoms with Gasteiger partial charge in [0, 0.05) is 0 Å². The summed E-state index contributed by atoms with van der Waals surface area (Å²) in [5, 5.41) is 41.2. The van der Waals surface area contributed by atoms with Gasteiger partial charge in [0.25, 0.3) is 0 Å². The lowest BCUT2D eigenvalue weighted by atomic mass is 9.44. The van der Waals surface area contributed by atoms with Crippen LogP contribution in [0, 0.1) is 40.4 Å². The molecule has 4 N–H and O–H groups in total. The Kier molecular flexibility index (Phi) is 6.04. The Balaban J connectivity index is 1.36. The van der Waals surface area contributed by atoms with Gasteiger partial charge in [0.2, 0.25) is 0 Å². The Bertz CT molecular complexity index is 714. The lowest BCUT2D eigenvalue weighted by molar-refractivity contribution is -0.310. The maximum atomic E-state index is 10.9. The van der Waals surface area contributed by atoms with Crippen molar-refractivity contribution >= 4 is 0 Å². The summed E-state index contributed by atoms with van der Waals surface area (Å²) in [6, 6.07) is 0. The Hall–Kier alpha value is -0.500. The molecule has 0 amide bonds. The average Bonchev–Trinajstić information content (AvgIpc) is 3.12. The normalized spacial score (nSPS) is 57.9. The van der Waals surface area contributed by atoms with E-state index in [-0.39, 0.29) is 17.9 Å². The van der Waals surface area contributed by atoms with Crippen LogP contribution in [-0.2, 0) is 9.47 Å². The molecule has 1 heterocycles. The first-order valence-electron chi connectivity index (χ1n) is 12.8. The van der Waals surface area contributed by atoms with Gasteiger partial charge >= 0.3 is 0 Å². The fourth-order valence-electron chi connectivity index (χ4n) is 8.95. The summed E-state index contributed by atoms with van der Waals surface area (Å²) >= 11 is 0. The molecule has 182 valence electrons. The SMILES string of the molecule is C=C[C@H]1CC[C@H]2[C@@H]3CC[C@H]4[C@H](O[C@@H]5OC[C@@H](O)[C@H](O)[C@H]5O)[C@@H](O)CC[C@]4(C)[C@H]3CC[C@]12C. The van der Waals surface area contributed by atoms with Crippen LogP contribution in [0.4, 0.5) is 0 Å². The summed E-state index contributed by atoms with van der Waals surface area (Å²) in [5.41, 5.74) is 0.478. The molecule has 5 rings (SSSR count). The van der Waals surface area contributed by atoms with Crippen LogP contribution in [0.5, 0.6) is 0 Å². The first-order chi connectivity index (χ1) is 15.2. The van der Waals surface area contributed by atoms with Crippen LogP contribution >= 0.6 is 0 Å². The molecule has 1 aliphatic heterocycles. The molecule has 0 spiro atoms. The van der Waals surface area contributed by atoms with E-state index < -0.39 is 36.8 Å². The quantitative estimate of drug-likeness (QED) is 0.494. The molecule has 0 radical (unpaired) electrons. The molecule has 5 fully saturated rings. The molecule has 5 aliphatic rings. The van der Waals surface area contributed by atoms with Gasteiger partial charge in [-0.15, -0.1) is 6.58 Å². The van der Waals surface area contributed by atoms with E-state index in [2.05, 4.69) is 26.5 Å². The van der Waals surface area contributed by atoms with Crippen LogP contribution in [0.15, 0.2) is 12.7 Å². The molecule has 0 aromatic heterocycles. The van der Waals surface area contributed by atoms with E-state index in [0.29, 0.717) is 23.7 Å². The number of fused-ring (bicyclic) bond motifs is 5. The molecular formula is C26H42O6. The molecule has 4 saturated carbocycles. The van der Waals surface area contributed by atoms with Crippen molar-refractivity contribution in [3.05, 3.63) is 12.7 Å². The van der Waals surface area contributed by atoms with Crippen LogP contribution in [0.1, 0.15) is 65.2 Å². The average molecular weight is 451 g/mol. The monoisotopic (exact) mass is 450 g/mol. The van der Waals surface area contributed by atoms with Crippen LogP contribution < -0.4 is 0 Å². The first kappa shape index (κ1) is 23.3. The van der Waals surface area contributed by atoms with E-state index in [9.17, 15) is 20.4 Å². The largest absolute Gasteiger partial charge is 0.390 e. The fraction of sp³-hybridized carbons (Fsp3) is 0.923. The van der Waals surface area contributed by atoms with Gasteiger partial charge in [-0.05, 0) is 91.8 Å². The second-order valence-electron chi connectivity index (χ2n) is 12.0. The highest BCUT2D eigenvalue weighted by atomic mass is 16.7. The smallest absolute Gasteiger partial charge is 0.186 e. The molecular weight excluding hydrogens is 408 g/mol. The Labute approximate surface area is 192 Å². The van der Waals surface area contributed by atoms with Gasteiger partial charge in [0.15, 0.2) is 6.29 Å². The van der Waals surface area contributed by atoms with Gasteiger partial charge in [-0.2, -0.15) is 0 Å². The van der Waals surface area contributed by atoms with Crippen molar-refractivity contribution < 1.29 is 29.9 Å². The predicted molar refractivity (Wildman–Crippen MR) is 119 cm³/mol. The number of aliphatic hydroxyl groups is 4. The van der Waals surface area contributed by atoms with Gasteiger partial charge in [-0.25, -0.2) is 0 Å². The standard InChI is InChI=1S/C26H42O6/c1-4-14-5-7-16-15-6-8-18-23(32-24-22(30)21(29)20(28)13-31-24)19(27)10-12-26(18,3)17(15)9-11-25(14,16)2/h4,14-24,27-30H,1,5-13H2,2-3H3/t14-,15-,16-,17-,18-,19-,20+,21-,22+,23-,24-,25+,26+/m0/s1. The number of hydrogen-bond donors (Lipinski definition) is 4. The van der Waals surface area contributed by atoms with Crippen LogP contribution in [0.2, 0.25) is 0 Å². The summed E-state index contributed by atoms with van der Waals surface area (Å²) in [6.07, 6.45) is 5.34. The minimum Gasteiger partial charge on any atom is -0.390 e. The number of allylic oxidation sites excluding steroid dienone is 1. The second kappa shape index (κ2) is 8.31. The van der Waals surface area contributed by atoms with Crippen molar-refractivity contribution in [1.29, 1.82) is 0 Å². The third-order valence-corrected chi connectivity index (χ3v) is 10.8. The first-order valence-corrected chi connectivity index (χ1v) is 12.8. The number of aliphatic hydroxyl groups excluding tert-OH is 4. The number of hydrogen-bond acceptors (Lipinski definition) is 6. The van der Waals surface area contributed by atoms with Gasteiger partial charge < -0.3 is 29.9 Å². The van der Waals surface area contributed by atoms with E-state index in [0.717, 1.165) is 31.1 Å². The predicted octanol–water partition coefficient (Wildman–Crippen LogP) is 2.63. The van der Waals surface area contributed by atoms with Crippen LogP contribution in [0.3, 0.4) is 0 Å². The molecule has 1 saturated heterocycles. The Morgan fingerprint density at radius 3 is 2.25 bits per heavy atom. The molecule has 0 unspecified atom stereocenters. The maximum Gasteiger partial charge on any atom is 0.186 e. The highest BCUT2D eigenvalue weighted by molar-refractivity contribution is 5.12. The van der Waals surface area contributed by atoms with Crippen molar-refractivity contribution in [2.45, 2.75) is 102 Å². The Morgan fingerprint density at radius 1 is 0.812 bits per heavy atom. The summed E-state index contributed by atoms with van der Waals surface area (Å²) in [4.78, 5) is 0. The summed E-state index contributed by atoms with van der Waals surface area (Å²) in [6.45, 7) is 8.97. The summed E-state index contributed by atoms with van der Waals surface area (Å²) in [7, 11) is 0. The van der Waals surface area contributed by atoms with E-state index in [1.807, 2.05) is 0 Å². The van der Waals surface area contributed by atoms with E-state index in [1.165, 1.54) is 25.7 Å². The van der Waals surface area contributed by atoms with E-state index in [1.54, 1.807) is 0 Å². The van der Waals surface area contributed by atoms with Crippen molar-refractivity contribution in [3.8, 4) is 0 Å². The van der Waals surface area contributed by atoms with Crippen LogP contribution in [-0.4, -0.2) is 63.8 Å².